The molecule has 142 valence electrons. The van der Waals surface area contributed by atoms with E-state index in [0.717, 1.165) is 24.8 Å². The van der Waals surface area contributed by atoms with Gasteiger partial charge in [-0.15, -0.1) is 5.10 Å². The maximum absolute atomic E-state index is 5.23. The van der Waals surface area contributed by atoms with Crippen LogP contribution >= 0.6 is 0 Å². The van der Waals surface area contributed by atoms with Crippen molar-refractivity contribution in [1.82, 2.24) is 20.2 Å². The van der Waals surface area contributed by atoms with Gasteiger partial charge in [0, 0.05) is 32.5 Å². The summed E-state index contributed by atoms with van der Waals surface area (Å²) in [6, 6.07) is 8.96. The zero-order valence-corrected chi connectivity index (χ0v) is 16.4. The van der Waals surface area contributed by atoms with Gasteiger partial charge in [0.15, 0.2) is 6.04 Å². The lowest BCUT2D eigenvalue weighted by Gasteiger charge is -2.33. The van der Waals surface area contributed by atoms with E-state index in [1.807, 2.05) is 4.68 Å². The number of benzene rings is 1. The maximum Gasteiger partial charge on any atom is 0.214 e. The summed E-state index contributed by atoms with van der Waals surface area (Å²) in [6.45, 7) is 5.93. The Hall–Kier alpha value is -1.99. The second-order valence-corrected chi connectivity index (χ2v) is 7.51. The minimum absolute atomic E-state index is 0.158. The van der Waals surface area contributed by atoms with Gasteiger partial charge < -0.3 is 14.5 Å². The molecule has 3 rings (SSSR count). The number of piperidine rings is 1. The van der Waals surface area contributed by atoms with Crippen LogP contribution in [0.25, 0.3) is 0 Å². The lowest BCUT2D eigenvalue weighted by atomic mass is 9.95. The molecule has 1 aromatic heterocycles. The summed E-state index contributed by atoms with van der Waals surface area (Å²) in [7, 11) is 5.84. The number of hydrogen-bond donors (Lipinski definition) is 1. The lowest BCUT2D eigenvalue weighted by Crippen LogP contribution is -3.13. The highest BCUT2D eigenvalue weighted by Crippen LogP contribution is 2.22. The molecule has 1 aromatic carbocycles. The van der Waals surface area contributed by atoms with Gasteiger partial charge in [0.05, 0.1) is 26.2 Å². The molecule has 0 spiro atoms. The Balaban J connectivity index is 1.93. The summed E-state index contributed by atoms with van der Waals surface area (Å²) in [5.41, 5.74) is 2.47. The summed E-state index contributed by atoms with van der Waals surface area (Å²) < 4.78 is 7.13. The van der Waals surface area contributed by atoms with Crippen LogP contribution in [0.4, 0.5) is 5.69 Å². The molecule has 1 aliphatic heterocycles. The van der Waals surface area contributed by atoms with Crippen molar-refractivity contribution in [2.75, 3.05) is 45.8 Å². The average molecular weight is 359 g/mol. The Morgan fingerprint density at radius 1 is 1.23 bits per heavy atom. The maximum atomic E-state index is 5.23. The molecular formula is C19H31N6O+. The third-order valence-electron chi connectivity index (χ3n) is 5.39. The minimum atomic E-state index is 0.158. The van der Waals surface area contributed by atoms with Gasteiger partial charge in [-0.2, -0.15) is 0 Å². The predicted molar refractivity (Wildman–Crippen MR) is 101 cm³/mol. The van der Waals surface area contributed by atoms with Gasteiger partial charge in [-0.3, -0.25) is 0 Å². The van der Waals surface area contributed by atoms with Crippen LogP contribution in [-0.2, 0) is 11.3 Å². The van der Waals surface area contributed by atoms with Crippen LogP contribution in [0.2, 0.25) is 0 Å². The lowest BCUT2D eigenvalue weighted by molar-refractivity contribution is -0.932. The number of aromatic nitrogens is 4. The standard InChI is InChI=1S/C19H30N6O/c1-15-9-11-24(12-10-15)18(16-5-7-17(8-6-16)23(2)3)19-20-21-22-25(19)13-14-26-4/h5-8,15,18H,9-14H2,1-4H3/p+1/t18-/m1/s1. The van der Waals surface area contributed by atoms with Gasteiger partial charge in [-0.05, 0) is 41.3 Å². The second kappa shape index (κ2) is 8.60. The van der Waals surface area contributed by atoms with E-state index in [-0.39, 0.29) is 6.04 Å². The van der Waals surface area contributed by atoms with Crippen LogP contribution in [0.5, 0.6) is 0 Å². The Labute approximate surface area is 155 Å². The number of tetrazole rings is 1. The molecule has 1 fully saturated rings. The number of nitrogens with one attached hydrogen (secondary N) is 1. The zero-order chi connectivity index (χ0) is 18.5. The largest absolute Gasteiger partial charge is 0.383 e. The molecule has 0 saturated carbocycles. The van der Waals surface area contributed by atoms with E-state index in [1.165, 1.54) is 24.1 Å². The molecule has 26 heavy (non-hydrogen) atoms. The van der Waals surface area contributed by atoms with E-state index in [9.17, 15) is 0 Å². The van der Waals surface area contributed by atoms with Gasteiger partial charge in [0.2, 0.25) is 5.82 Å². The van der Waals surface area contributed by atoms with Crippen LogP contribution in [-0.4, -0.2) is 61.1 Å². The fourth-order valence-corrected chi connectivity index (χ4v) is 3.71. The SMILES string of the molecule is COCCn1nnnc1[C@@H](c1ccc(N(C)C)cc1)[NH+]1CCC(C)CC1. The van der Waals surface area contributed by atoms with Gasteiger partial charge in [-0.25, -0.2) is 4.68 Å². The van der Waals surface area contributed by atoms with Crippen molar-refractivity contribution in [2.24, 2.45) is 5.92 Å². The van der Waals surface area contributed by atoms with Crippen molar-refractivity contribution >= 4 is 5.69 Å². The van der Waals surface area contributed by atoms with E-state index in [2.05, 4.69) is 65.7 Å². The average Bonchev–Trinajstić information content (AvgIpc) is 3.10. The monoisotopic (exact) mass is 359 g/mol. The Morgan fingerprint density at radius 3 is 2.54 bits per heavy atom. The van der Waals surface area contributed by atoms with Crippen molar-refractivity contribution < 1.29 is 9.64 Å². The van der Waals surface area contributed by atoms with Crippen LogP contribution in [0, 0.1) is 5.92 Å². The number of ether oxygens (including phenoxy) is 1. The summed E-state index contributed by atoms with van der Waals surface area (Å²) in [6.07, 6.45) is 2.50. The third kappa shape index (κ3) is 4.22. The van der Waals surface area contributed by atoms with Crippen LogP contribution < -0.4 is 9.80 Å². The van der Waals surface area contributed by atoms with Gasteiger partial charge in [0.1, 0.15) is 0 Å². The van der Waals surface area contributed by atoms with Crippen LogP contribution in [0.3, 0.4) is 0 Å². The number of likely N-dealkylation sites (tertiary alicyclic amines) is 1. The van der Waals surface area contributed by atoms with Crippen molar-refractivity contribution in [3.8, 4) is 0 Å². The smallest absolute Gasteiger partial charge is 0.214 e. The first kappa shape index (κ1) is 18.8. The molecule has 7 nitrogen and oxygen atoms in total. The van der Waals surface area contributed by atoms with Crippen molar-refractivity contribution in [2.45, 2.75) is 32.4 Å². The number of rotatable bonds is 7. The summed E-state index contributed by atoms with van der Waals surface area (Å²) in [5, 5.41) is 12.6. The molecule has 1 atom stereocenters. The number of quaternary nitrogens is 1. The molecule has 0 bridgehead atoms. The van der Waals surface area contributed by atoms with Gasteiger partial charge in [-0.1, -0.05) is 19.1 Å². The fraction of sp³-hybridized carbons (Fsp3) is 0.632. The van der Waals surface area contributed by atoms with E-state index in [4.69, 9.17) is 4.74 Å². The summed E-state index contributed by atoms with van der Waals surface area (Å²) in [4.78, 5) is 3.67. The van der Waals surface area contributed by atoms with Crippen molar-refractivity contribution in [3.05, 3.63) is 35.7 Å². The van der Waals surface area contributed by atoms with E-state index >= 15 is 0 Å². The molecule has 1 aliphatic rings. The van der Waals surface area contributed by atoms with Crippen molar-refractivity contribution in [3.63, 3.8) is 0 Å². The number of anilines is 1. The molecule has 7 heteroatoms. The van der Waals surface area contributed by atoms with E-state index in [1.54, 1.807) is 12.0 Å². The second-order valence-electron chi connectivity index (χ2n) is 7.51. The first-order chi connectivity index (χ1) is 12.6. The molecule has 2 aromatic rings. The molecule has 0 amide bonds. The molecule has 1 saturated heterocycles. The highest BCUT2D eigenvalue weighted by Gasteiger charge is 2.33. The summed E-state index contributed by atoms with van der Waals surface area (Å²) in [5.74, 6) is 1.74. The third-order valence-corrected chi connectivity index (χ3v) is 5.39. The minimum Gasteiger partial charge on any atom is -0.383 e. The first-order valence-electron chi connectivity index (χ1n) is 9.47. The highest BCUT2D eigenvalue weighted by atomic mass is 16.5. The zero-order valence-electron chi connectivity index (χ0n) is 16.4. The number of nitrogens with zero attached hydrogens (tertiary/aromatic N) is 5. The number of methoxy groups -OCH3 is 1. The molecule has 0 aliphatic carbocycles. The normalized spacial score (nSPS) is 21.5. The Morgan fingerprint density at radius 2 is 1.92 bits per heavy atom. The molecule has 0 unspecified atom stereocenters. The van der Waals surface area contributed by atoms with Crippen LogP contribution in [0.1, 0.15) is 37.2 Å². The van der Waals surface area contributed by atoms with Crippen LogP contribution in [0.15, 0.2) is 24.3 Å². The molecule has 2 heterocycles. The Kier molecular flexibility index (Phi) is 6.21. The van der Waals surface area contributed by atoms with Crippen molar-refractivity contribution in [1.29, 1.82) is 0 Å². The molecule has 0 radical (unpaired) electrons. The molecule has 1 N–H and O–H groups in total. The highest BCUT2D eigenvalue weighted by molar-refractivity contribution is 5.46. The van der Waals surface area contributed by atoms with Gasteiger partial charge >= 0.3 is 0 Å². The quantitative estimate of drug-likeness (QED) is 0.792. The van der Waals surface area contributed by atoms with E-state index in [0.29, 0.717) is 13.2 Å². The first-order valence-corrected chi connectivity index (χ1v) is 9.47. The Bertz CT molecular complexity index is 676. The number of hydrogen-bond acceptors (Lipinski definition) is 5. The predicted octanol–water partition coefficient (Wildman–Crippen LogP) is 0.790. The topological polar surface area (TPSA) is 60.5 Å². The fourth-order valence-electron chi connectivity index (χ4n) is 3.71. The van der Waals surface area contributed by atoms with E-state index < -0.39 is 0 Å². The molecular weight excluding hydrogens is 328 g/mol. The van der Waals surface area contributed by atoms with Gasteiger partial charge in [0.25, 0.3) is 0 Å². The summed E-state index contributed by atoms with van der Waals surface area (Å²) >= 11 is 0.